The fourth-order valence-corrected chi connectivity index (χ4v) is 3.11. The van der Waals surface area contributed by atoms with Crippen LogP contribution in [0.15, 0.2) is 72.7 Å². The van der Waals surface area contributed by atoms with Gasteiger partial charge in [-0.1, -0.05) is 36.4 Å². The van der Waals surface area contributed by atoms with Crippen LogP contribution in [0.4, 0.5) is 16.2 Å². The Morgan fingerprint density at radius 2 is 1.57 bits per heavy atom. The Morgan fingerprint density at radius 3 is 2.20 bits per heavy atom. The Balaban J connectivity index is 1.75. The third-order valence-corrected chi connectivity index (χ3v) is 4.83. The van der Waals surface area contributed by atoms with Crippen LogP contribution in [0, 0.1) is 0 Å². The molecule has 0 heterocycles. The monoisotopic (exact) mass is 428 g/mol. The van der Waals surface area contributed by atoms with Gasteiger partial charge in [-0.25, -0.2) is 17.9 Å². The van der Waals surface area contributed by atoms with E-state index in [4.69, 9.17) is 0 Å². The molecule has 0 aromatic heterocycles. The Bertz CT molecular complexity index is 987. The summed E-state index contributed by atoms with van der Waals surface area (Å²) in [7, 11) is -3.64. The van der Waals surface area contributed by atoms with Gasteiger partial charge in [-0.2, -0.15) is 0 Å². The minimum absolute atomic E-state index is 0.0254. The zero-order valence-electron chi connectivity index (χ0n) is 16.3. The number of hydrogen-bond acceptors (Lipinski definition) is 4. The van der Waals surface area contributed by atoms with Gasteiger partial charge in [0, 0.05) is 36.3 Å². The molecule has 2 aromatic carbocycles. The molecule has 8 nitrogen and oxygen atoms in total. The predicted molar refractivity (Wildman–Crippen MR) is 119 cm³/mol. The fraction of sp³-hybridized carbons (Fsp3) is 0.143. The summed E-state index contributed by atoms with van der Waals surface area (Å²) < 4.78 is 26.3. The van der Waals surface area contributed by atoms with Crippen LogP contribution in [0.3, 0.4) is 0 Å². The zero-order valence-corrected chi connectivity index (χ0v) is 17.1. The van der Waals surface area contributed by atoms with Gasteiger partial charge >= 0.3 is 6.03 Å². The van der Waals surface area contributed by atoms with Gasteiger partial charge in [0.05, 0.1) is 0 Å². The lowest BCUT2D eigenvalue weighted by Crippen LogP contribution is -2.28. The molecule has 0 bridgehead atoms. The van der Waals surface area contributed by atoms with Crippen LogP contribution in [0.5, 0.6) is 0 Å². The minimum atomic E-state index is -3.64. The van der Waals surface area contributed by atoms with Crippen molar-refractivity contribution in [1.82, 2.24) is 10.0 Å². The van der Waals surface area contributed by atoms with Gasteiger partial charge in [0.2, 0.25) is 15.9 Å². The Labute approximate surface area is 176 Å². The van der Waals surface area contributed by atoms with Crippen LogP contribution in [0.2, 0.25) is 0 Å². The van der Waals surface area contributed by atoms with E-state index in [9.17, 15) is 18.0 Å². The molecule has 2 aromatic rings. The first-order valence-corrected chi connectivity index (χ1v) is 10.7. The molecule has 0 radical (unpaired) electrons. The first-order valence-electron chi connectivity index (χ1n) is 9.16. The summed E-state index contributed by atoms with van der Waals surface area (Å²) in [5.74, 6) is -0.339. The summed E-state index contributed by atoms with van der Waals surface area (Å²) >= 11 is 0. The summed E-state index contributed by atoms with van der Waals surface area (Å²) in [6.45, 7) is 3.83. The minimum Gasteiger partial charge on any atom is -0.334 e. The quantitative estimate of drug-likeness (QED) is 0.435. The highest BCUT2D eigenvalue weighted by Gasteiger charge is 2.08. The van der Waals surface area contributed by atoms with Crippen LogP contribution in [0.25, 0.3) is 6.08 Å². The number of sulfonamides is 1. The molecule has 0 saturated heterocycles. The van der Waals surface area contributed by atoms with E-state index in [1.807, 2.05) is 18.2 Å². The number of rotatable bonds is 10. The molecule has 0 saturated carbocycles. The first kappa shape index (κ1) is 22.9. The summed E-state index contributed by atoms with van der Waals surface area (Å²) in [4.78, 5) is 23.6. The third-order valence-electron chi connectivity index (χ3n) is 3.73. The van der Waals surface area contributed by atoms with E-state index in [2.05, 4.69) is 27.3 Å². The number of urea groups is 1. The van der Waals surface area contributed by atoms with Crippen LogP contribution >= 0.6 is 0 Å². The molecule has 9 heteroatoms. The number of amides is 3. The number of hydrogen-bond donors (Lipinski definition) is 4. The highest BCUT2D eigenvalue weighted by Crippen LogP contribution is 2.13. The summed E-state index contributed by atoms with van der Waals surface area (Å²) in [6.07, 6.45) is 3.02. The van der Waals surface area contributed by atoms with Gasteiger partial charge in [-0.15, -0.1) is 6.58 Å². The van der Waals surface area contributed by atoms with Crippen molar-refractivity contribution in [2.45, 2.75) is 6.42 Å². The maximum absolute atomic E-state index is 12.0. The number of anilines is 2. The summed E-state index contributed by atoms with van der Waals surface area (Å²) in [5.41, 5.74) is 1.85. The van der Waals surface area contributed by atoms with E-state index in [0.29, 0.717) is 17.9 Å². The van der Waals surface area contributed by atoms with E-state index in [1.165, 1.54) is 6.08 Å². The molecule has 0 spiro atoms. The van der Waals surface area contributed by atoms with Crippen LogP contribution in [-0.2, 0) is 14.8 Å². The molecule has 0 fully saturated rings. The molecule has 30 heavy (non-hydrogen) atoms. The molecule has 0 aliphatic heterocycles. The normalized spacial score (nSPS) is 11.1. The van der Waals surface area contributed by atoms with Crippen molar-refractivity contribution in [2.24, 2.45) is 0 Å². The largest absolute Gasteiger partial charge is 0.334 e. The zero-order chi connectivity index (χ0) is 21.8. The van der Waals surface area contributed by atoms with Gasteiger partial charge in [-0.3, -0.25) is 4.79 Å². The molecule has 0 unspecified atom stereocenters. The van der Waals surface area contributed by atoms with Gasteiger partial charge in [0.25, 0.3) is 0 Å². The molecule has 3 amide bonds. The van der Waals surface area contributed by atoms with Crippen molar-refractivity contribution in [3.05, 3.63) is 78.2 Å². The lowest BCUT2D eigenvalue weighted by molar-refractivity contribution is -0.116. The van der Waals surface area contributed by atoms with E-state index >= 15 is 0 Å². The van der Waals surface area contributed by atoms with E-state index in [-0.39, 0.29) is 24.9 Å². The molecule has 2 rings (SSSR count). The summed E-state index contributed by atoms with van der Waals surface area (Å²) in [5, 5.41) is 8.95. The SMILES string of the molecule is C=CCNC(=O)Nc1ccc(NC(=O)CCNS(=O)(=O)/C=C/c2ccccc2)cc1. The molecule has 0 aliphatic carbocycles. The number of carbonyl (C=O) groups excluding carboxylic acids is 2. The van der Waals surface area contributed by atoms with Crippen LogP contribution in [0.1, 0.15) is 12.0 Å². The second-order valence-corrected chi connectivity index (χ2v) is 7.80. The first-order chi connectivity index (χ1) is 14.4. The lowest BCUT2D eigenvalue weighted by Gasteiger charge is -2.08. The Morgan fingerprint density at radius 1 is 0.933 bits per heavy atom. The second-order valence-electron chi connectivity index (χ2n) is 6.15. The Hall–Kier alpha value is -3.43. The van der Waals surface area contributed by atoms with Crippen LogP contribution < -0.4 is 20.7 Å². The average Bonchev–Trinajstić information content (AvgIpc) is 2.73. The number of nitrogens with one attached hydrogen (secondary N) is 4. The highest BCUT2D eigenvalue weighted by molar-refractivity contribution is 7.92. The number of benzene rings is 2. The Kier molecular flexibility index (Phi) is 8.79. The van der Waals surface area contributed by atoms with Crippen molar-refractivity contribution >= 4 is 39.4 Å². The van der Waals surface area contributed by atoms with Gasteiger partial charge in [-0.05, 0) is 35.9 Å². The van der Waals surface area contributed by atoms with Crippen molar-refractivity contribution in [2.75, 3.05) is 23.7 Å². The van der Waals surface area contributed by atoms with Gasteiger partial charge in [0.15, 0.2) is 0 Å². The van der Waals surface area contributed by atoms with Gasteiger partial charge < -0.3 is 16.0 Å². The second kappa shape index (κ2) is 11.5. The molecule has 158 valence electrons. The van der Waals surface area contributed by atoms with Crippen molar-refractivity contribution in [3.63, 3.8) is 0 Å². The summed E-state index contributed by atoms with van der Waals surface area (Å²) in [6, 6.07) is 15.2. The molecular weight excluding hydrogens is 404 g/mol. The molecule has 4 N–H and O–H groups in total. The van der Waals surface area contributed by atoms with Crippen molar-refractivity contribution in [1.29, 1.82) is 0 Å². The third kappa shape index (κ3) is 8.72. The maximum Gasteiger partial charge on any atom is 0.319 e. The standard InChI is InChI=1S/C21H24N4O4S/c1-2-14-22-21(27)25-19-10-8-18(9-11-19)24-20(26)12-15-23-30(28,29)16-13-17-6-4-3-5-7-17/h2-11,13,16,23H,1,12,14-15H2,(H,24,26)(H2,22,25,27)/b16-13+. The van der Waals surface area contributed by atoms with E-state index < -0.39 is 10.0 Å². The molecule has 0 atom stereocenters. The lowest BCUT2D eigenvalue weighted by atomic mass is 10.2. The number of carbonyl (C=O) groups is 2. The molecule has 0 aliphatic rings. The van der Waals surface area contributed by atoms with E-state index in [0.717, 1.165) is 11.0 Å². The van der Waals surface area contributed by atoms with E-state index in [1.54, 1.807) is 42.5 Å². The smallest absolute Gasteiger partial charge is 0.319 e. The average molecular weight is 429 g/mol. The van der Waals surface area contributed by atoms with Crippen molar-refractivity contribution < 1.29 is 18.0 Å². The maximum atomic E-state index is 12.0. The molecular formula is C21H24N4O4S. The predicted octanol–water partition coefficient (Wildman–Crippen LogP) is 2.91. The van der Waals surface area contributed by atoms with Gasteiger partial charge in [0.1, 0.15) is 0 Å². The highest BCUT2D eigenvalue weighted by atomic mass is 32.2. The van der Waals surface area contributed by atoms with Crippen LogP contribution in [-0.4, -0.2) is 33.4 Å². The van der Waals surface area contributed by atoms with Crippen molar-refractivity contribution in [3.8, 4) is 0 Å². The topological polar surface area (TPSA) is 116 Å². The fourth-order valence-electron chi connectivity index (χ4n) is 2.29.